The number of hydrogen-bond donors (Lipinski definition) is 0. The molecule has 0 bridgehead atoms. The van der Waals surface area contributed by atoms with Crippen molar-refractivity contribution < 1.29 is 15.7 Å². The van der Waals surface area contributed by atoms with Gasteiger partial charge in [0.1, 0.15) is 0 Å². The van der Waals surface area contributed by atoms with Crippen molar-refractivity contribution in [3.8, 4) is 0 Å². The molecule has 2 rings (SSSR count). The van der Waals surface area contributed by atoms with Gasteiger partial charge in [-0.1, -0.05) is 131 Å². The molecule has 0 amide bonds. The molecule has 0 N–H and O–H groups in total. The summed E-state index contributed by atoms with van der Waals surface area (Å²) in [6.07, 6.45) is 19.2. The number of hydrogen-bond acceptors (Lipinski definition) is 0. The number of aryl methyl sites for hydroxylation is 4. The van der Waals surface area contributed by atoms with Gasteiger partial charge in [0, 0.05) is 0 Å². The summed E-state index contributed by atoms with van der Waals surface area (Å²) in [5.41, 5.74) is 25.2. The molecule has 0 unspecified atom stereocenters. The van der Waals surface area contributed by atoms with E-state index in [0.29, 0.717) is 0 Å². The summed E-state index contributed by atoms with van der Waals surface area (Å²) in [5, 5.41) is 0. The normalized spacial score (nSPS) is 11.4. The van der Waals surface area contributed by atoms with E-state index in [2.05, 4.69) is 119 Å². The molecule has 0 fully saturated rings. The molecule has 2 nitrogen and oxygen atoms in total. The summed E-state index contributed by atoms with van der Waals surface area (Å²) >= 11 is 6.00. The van der Waals surface area contributed by atoms with Gasteiger partial charge in [-0.3, -0.25) is 0 Å². The molecule has 0 atom stereocenters. The Bertz CT molecular complexity index is 1250. The zero-order valence-corrected chi connectivity index (χ0v) is 34.5. The third-order valence-electron chi connectivity index (χ3n) is 9.09. The minimum atomic E-state index is 0.879. The van der Waals surface area contributed by atoms with Gasteiger partial charge in [-0.2, -0.15) is 0 Å². The third-order valence-corrected chi connectivity index (χ3v) is 9.09. The van der Waals surface area contributed by atoms with Gasteiger partial charge >= 0.3 is 45.2 Å². The van der Waals surface area contributed by atoms with Gasteiger partial charge in [0.05, 0.1) is 5.57 Å². The van der Waals surface area contributed by atoms with Crippen LogP contribution in [0.3, 0.4) is 0 Å². The van der Waals surface area contributed by atoms with E-state index in [4.69, 9.17) is 0 Å². The molecule has 0 aliphatic carbocycles. The first-order chi connectivity index (χ1) is 22.4. The fourth-order valence-electron chi connectivity index (χ4n) is 7.00. The van der Waals surface area contributed by atoms with E-state index < -0.39 is 0 Å². The van der Waals surface area contributed by atoms with Crippen LogP contribution in [0.5, 0.6) is 0 Å². The molecule has 46 heavy (non-hydrogen) atoms. The Labute approximate surface area is 303 Å². The van der Waals surface area contributed by atoms with Crippen LogP contribution in [-0.2, 0) is 49.4 Å². The van der Waals surface area contributed by atoms with Crippen LogP contribution in [0, 0.1) is 0 Å². The number of rotatable bonds is 20. The van der Waals surface area contributed by atoms with E-state index in [0.717, 1.165) is 76.2 Å². The van der Waals surface area contributed by atoms with Gasteiger partial charge in [-0.05, 0) is 113 Å². The third kappa shape index (κ3) is 13.4. The Morgan fingerprint density at radius 1 is 0.630 bits per heavy atom. The Hall–Kier alpha value is -1.21. The first-order valence-corrected chi connectivity index (χ1v) is 23.1. The van der Waals surface area contributed by atoms with Crippen molar-refractivity contribution in [3.63, 3.8) is 0 Å². The van der Waals surface area contributed by atoms with Crippen molar-refractivity contribution in [2.75, 3.05) is 0 Å². The predicted molar refractivity (Wildman–Crippen MR) is 207 cm³/mol. The van der Waals surface area contributed by atoms with Gasteiger partial charge in [0.15, 0.2) is 0 Å². The SMILES string of the molecule is CCCCCCCCC(=C=[N+]=[N-])C(CC)=C(c1cc(CC)c(CC)c(CC)c1)c1cc(CCC)c(CCC)c(CCC)c1.[Br][Ni][Br]. The summed E-state index contributed by atoms with van der Waals surface area (Å²) in [5.74, 6) is 3.09. The van der Waals surface area contributed by atoms with E-state index in [-0.39, 0.29) is 0 Å². The van der Waals surface area contributed by atoms with Crippen molar-refractivity contribution in [3.05, 3.63) is 85.5 Å². The minimum absolute atomic E-state index is 0.879. The molecule has 2 aromatic rings. The van der Waals surface area contributed by atoms with Crippen molar-refractivity contribution >= 4 is 39.9 Å². The molecule has 260 valence electrons. The number of benzene rings is 2. The maximum atomic E-state index is 9.80. The Morgan fingerprint density at radius 2 is 1.11 bits per heavy atom. The first kappa shape index (κ1) is 42.8. The van der Waals surface area contributed by atoms with Crippen LogP contribution in [0.15, 0.2) is 35.4 Å². The van der Waals surface area contributed by atoms with Crippen LogP contribution >= 0.6 is 28.5 Å². The van der Waals surface area contributed by atoms with Crippen LogP contribution in [0.1, 0.15) is 171 Å². The molecule has 0 spiro atoms. The van der Waals surface area contributed by atoms with Crippen LogP contribution < -0.4 is 0 Å². The monoisotopic (exact) mass is 798 g/mol. The van der Waals surface area contributed by atoms with Gasteiger partial charge < -0.3 is 5.53 Å². The molecule has 2 aromatic carbocycles. The molecule has 0 radical (unpaired) electrons. The number of nitrogens with zero attached hydrogens (tertiary/aromatic N) is 2. The van der Waals surface area contributed by atoms with E-state index in [1.807, 2.05) is 0 Å². The number of unbranched alkanes of at least 4 members (excludes halogenated alkanes) is 5. The summed E-state index contributed by atoms with van der Waals surface area (Å²) in [4.78, 5) is 3.51. The Kier molecular flexibility index (Phi) is 24.0. The van der Waals surface area contributed by atoms with E-state index in [1.54, 1.807) is 5.56 Å². The van der Waals surface area contributed by atoms with E-state index >= 15 is 0 Å². The zero-order chi connectivity index (χ0) is 34.3. The molecule has 0 aliphatic rings. The molecule has 5 heteroatoms. The van der Waals surface area contributed by atoms with Gasteiger partial charge in [-0.15, -0.1) is 4.79 Å². The molecule has 0 aromatic heterocycles. The van der Waals surface area contributed by atoms with Crippen molar-refractivity contribution in [1.29, 1.82) is 0 Å². The van der Waals surface area contributed by atoms with E-state index in [1.165, 1.54) is 99.5 Å². The van der Waals surface area contributed by atoms with Gasteiger partial charge in [-0.25, -0.2) is 0 Å². The quantitative estimate of drug-likeness (QED) is 0.0319. The van der Waals surface area contributed by atoms with Crippen molar-refractivity contribution in [1.82, 2.24) is 0 Å². The van der Waals surface area contributed by atoms with Crippen LogP contribution in [0.25, 0.3) is 11.1 Å². The average Bonchev–Trinajstić information content (AvgIpc) is 3.06. The number of halogens is 2. The second-order valence-electron chi connectivity index (χ2n) is 12.3. The second-order valence-corrected chi connectivity index (χ2v) is 17.3. The Morgan fingerprint density at radius 3 is 1.52 bits per heavy atom. The summed E-state index contributed by atoms with van der Waals surface area (Å²) in [6.45, 7) is 18.3. The summed E-state index contributed by atoms with van der Waals surface area (Å²) in [6, 6.07) is 9.98. The van der Waals surface area contributed by atoms with E-state index in [9.17, 15) is 5.53 Å². The van der Waals surface area contributed by atoms with Crippen LogP contribution in [0.2, 0.25) is 0 Å². The van der Waals surface area contributed by atoms with Crippen molar-refractivity contribution in [2.45, 2.75) is 165 Å². The fraction of sp³-hybridized carbons (Fsp3) is 0.610. The predicted octanol–water partition coefficient (Wildman–Crippen LogP) is 13.7. The Balaban J connectivity index is 0.00000338. The molecular weight excluding hydrogens is 739 g/mol. The van der Waals surface area contributed by atoms with Gasteiger partial charge in [0.25, 0.3) is 0 Å². The summed E-state index contributed by atoms with van der Waals surface area (Å²) in [7, 11) is 1.25. The molecular formula is C41H62Br2N2Ni. The van der Waals surface area contributed by atoms with Crippen LogP contribution in [-0.4, -0.2) is 10.7 Å². The second kappa shape index (κ2) is 25.8. The molecule has 0 saturated heterocycles. The first-order valence-electron chi connectivity index (χ1n) is 18.2. The average molecular weight is 801 g/mol. The molecule has 0 saturated carbocycles. The molecule has 0 heterocycles. The zero-order valence-electron chi connectivity index (χ0n) is 30.3. The topological polar surface area (TPSA) is 36.4 Å². The van der Waals surface area contributed by atoms with Gasteiger partial charge in [0.2, 0.25) is 0 Å². The standard InChI is InChI=1S/C41H62N2.2BrH.Ni/c1-9-17-18-19-20-21-25-35(30-43-42)39(16-8)41(36-26-31(13-5)38(15-7)32(14-6)27-36)37-28-33(22-10-2)40(24-12-4)34(29-37)23-11-3;;;/h26-29H,9-25H2,1-8H3;2*1H;/q;;;+2/p-2. The van der Waals surface area contributed by atoms with Crippen molar-refractivity contribution in [2.24, 2.45) is 0 Å². The van der Waals surface area contributed by atoms with Crippen LogP contribution in [0.4, 0.5) is 0 Å². The molecule has 0 aliphatic heterocycles. The summed E-state index contributed by atoms with van der Waals surface area (Å²) < 4.78 is 0. The number of allylic oxidation sites excluding steroid dienone is 2. The fourth-order valence-corrected chi connectivity index (χ4v) is 7.00. The maximum absolute atomic E-state index is 9.80.